The maximum absolute atomic E-state index is 13.4. The number of oxazole rings is 1. The van der Waals surface area contributed by atoms with Crippen LogP contribution in [0.3, 0.4) is 0 Å². The van der Waals surface area contributed by atoms with Crippen LogP contribution >= 0.6 is 0 Å². The third kappa shape index (κ3) is 3.29. The summed E-state index contributed by atoms with van der Waals surface area (Å²) in [7, 11) is -4.04. The van der Waals surface area contributed by atoms with Crippen LogP contribution < -0.4 is 14.8 Å². The zero-order chi connectivity index (χ0) is 20.6. The number of hydrogen-bond donors (Lipinski definition) is 1. The van der Waals surface area contributed by atoms with Gasteiger partial charge < -0.3 is 23.6 Å². The third-order valence-electron chi connectivity index (χ3n) is 4.44. The van der Waals surface area contributed by atoms with E-state index in [-0.39, 0.29) is 21.7 Å². The Labute approximate surface area is 172 Å². The number of hydrogen-bond acceptors (Lipinski definition) is 8. The average molecular weight is 424 g/mol. The molecule has 8 nitrogen and oxygen atoms in total. The molecule has 0 atom stereocenters. The molecule has 1 aliphatic heterocycles. The van der Waals surface area contributed by atoms with Gasteiger partial charge in [-0.3, -0.25) is 0 Å². The number of aromatic nitrogens is 1. The van der Waals surface area contributed by atoms with E-state index < -0.39 is 9.84 Å². The summed E-state index contributed by atoms with van der Waals surface area (Å²) in [6.45, 7) is 0.768. The van der Waals surface area contributed by atoms with Crippen LogP contribution in [-0.2, 0) is 9.84 Å². The molecular formula is C21H16N2O6S. The normalized spacial score (nSPS) is 13.2. The fraction of sp³-hybridized carbons (Fsp3) is 0.0952. The number of anilines is 2. The van der Waals surface area contributed by atoms with E-state index >= 15 is 0 Å². The molecule has 2 aromatic carbocycles. The molecule has 0 unspecified atom stereocenters. The van der Waals surface area contributed by atoms with Crippen molar-refractivity contribution in [3.8, 4) is 23.1 Å². The Hall–Kier alpha value is -3.72. The molecular weight excluding hydrogens is 408 g/mol. The van der Waals surface area contributed by atoms with Crippen LogP contribution in [0.1, 0.15) is 0 Å². The van der Waals surface area contributed by atoms with Gasteiger partial charge in [0.2, 0.25) is 20.7 Å². The molecule has 0 amide bonds. The molecule has 4 aromatic rings. The Bertz CT molecular complexity index is 1280. The molecule has 0 fully saturated rings. The number of sulfone groups is 1. The molecule has 2 aromatic heterocycles. The second-order valence-electron chi connectivity index (χ2n) is 6.43. The van der Waals surface area contributed by atoms with Gasteiger partial charge in [-0.2, -0.15) is 4.98 Å². The number of fused-ring (bicyclic) bond motifs is 1. The monoisotopic (exact) mass is 424 g/mol. The van der Waals surface area contributed by atoms with Crippen molar-refractivity contribution in [2.75, 3.05) is 18.5 Å². The highest BCUT2D eigenvalue weighted by atomic mass is 32.2. The van der Waals surface area contributed by atoms with Crippen molar-refractivity contribution in [3.63, 3.8) is 0 Å². The van der Waals surface area contributed by atoms with Crippen LogP contribution in [0.25, 0.3) is 11.7 Å². The second kappa shape index (κ2) is 7.27. The topological polar surface area (TPSA) is 104 Å². The first-order chi connectivity index (χ1) is 14.6. The number of nitrogens with one attached hydrogen (secondary N) is 1. The Kier molecular flexibility index (Phi) is 4.44. The zero-order valence-corrected chi connectivity index (χ0v) is 16.4. The summed E-state index contributed by atoms with van der Waals surface area (Å²) < 4.78 is 48.9. The van der Waals surface area contributed by atoms with Crippen LogP contribution in [-0.4, -0.2) is 26.6 Å². The van der Waals surface area contributed by atoms with E-state index in [2.05, 4.69) is 10.3 Å². The number of ether oxygens (including phenoxy) is 2. The van der Waals surface area contributed by atoms with Crippen molar-refractivity contribution >= 4 is 21.4 Å². The molecule has 1 N–H and O–H groups in total. The second-order valence-corrected chi connectivity index (χ2v) is 8.30. The summed E-state index contributed by atoms with van der Waals surface area (Å²) in [4.78, 5) is 4.24. The minimum absolute atomic E-state index is 0.0116. The van der Waals surface area contributed by atoms with Gasteiger partial charge in [-0.1, -0.05) is 18.2 Å². The highest BCUT2D eigenvalue weighted by Crippen LogP contribution is 2.37. The Morgan fingerprint density at radius 1 is 0.900 bits per heavy atom. The highest BCUT2D eigenvalue weighted by Gasteiger charge is 2.30. The van der Waals surface area contributed by atoms with Crippen LogP contribution in [0.4, 0.5) is 11.6 Å². The molecule has 30 heavy (non-hydrogen) atoms. The molecule has 1 aliphatic rings. The van der Waals surface area contributed by atoms with Crippen molar-refractivity contribution in [2.24, 2.45) is 0 Å². The van der Waals surface area contributed by atoms with E-state index in [1.807, 2.05) is 18.2 Å². The lowest BCUT2D eigenvalue weighted by molar-refractivity contribution is 0.171. The third-order valence-corrected chi connectivity index (χ3v) is 6.10. The SMILES string of the molecule is O=S(=O)(c1ccc2c(c1)OCCO2)c1nc(-c2ccco2)oc1Nc1ccccc1. The van der Waals surface area contributed by atoms with E-state index in [0.717, 1.165) is 0 Å². The van der Waals surface area contributed by atoms with E-state index in [0.29, 0.717) is 36.2 Å². The number of benzene rings is 2. The smallest absolute Gasteiger partial charge is 0.266 e. The lowest BCUT2D eigenvalue weighted by Gasteiger charge is -2.18. The number of nitrogens with zero attached hydrogens (tertiary/aromatic N) is 1. The van der Waals surface area contributed by atoms with Gasteiger partial charge in [-0.25, -0.2) is 8.42 Å². The van der Waals surface area contributed by atoms with Crippen molar-refractivity contribution in [1.82, 2.24) is 4.98 Å². The van der Waals surface area contributed by atoms with Crippen molar-refractivity contribution in [3.05, 3.63) is 66.9 Å². The molecule has 5 rings (SSSR count). The molecule has 0 saturated carbocycles. The van der Waals surface area contributed by atoms with E-state index in [9.17, 15) is 8.42 Å². The summed E-state index contributed by atoms with van der Waals surface area (Å²) in [6, 6.07) is 16.8. The molecule has 9 heteroatoms. The first-order valence-electron chi connectivity index (χ1n) is 9.13. The lowest BCUT2D eigenvalue weighted by Crippen LogP contribution is -2.16. The Morgan fingerprint density at radius 3 is 2.47 bits per heavy atom. The molecule has 0 aliphatic carbocycles. The summed E-state index contributed by atoms with van der Waals surface area (Å²) in [5.74, 6) is 1.22. The summed E-state index contributed by atoms with van der Waals surface area (Å²) in [6.07, 6.45) is 1.46. The molecule has 0 saturated heterocycles. The van der Waals surface area contributed by atoms with Crippen LogP contribution in [0.5, 0.6) is 11.5 Å². The summed E-state index contributed by atoms with van der Waals surface area (Å²) in [5.41, 5.74) is 0.651. The first kappa shape index (κ1) is 18.3. The van der Waals surface area contributed by atoms with Gasteiger partial charge in [0.05, 0.1) is 11.2 Å². The minimum atomic E-state index is -4.04. The van der Waals surface area contributed by atoms with E-state index in [4.69, 9.17) is 18.3 Å². The van der Waals surface area contributed by atoms with E-state index in [1.165, 1.54) is 18.4 Å². The predicted molar refractivity (Wildman–Crippen MR) is 107 cm³/mol. The van der Waals surface area contributed by atoms with Crippen molar-refractivity contribution < 1.29 is 26.7 Å². The first-order valence-corrected chi connectivity index (χ1v) is 10.6. The number of para-hydroxylation sites is 1. The summed E-state index contributed by atoms with van der Waals surface area (Å²) in [5, 5.41) is 2.73. The number of furan rings is 1. The Morgan fingerprint density at radius 2 is 1.70 bits per heavy atom. The number of rotatable bonds is 5. The summed E-state index contributed by atoms with van der Waals surface area (Å²) >= 11 is 0. The van der Waals surface area contributed by atoms with Gasteiger partial charge in [-0.15, -0.1) is 0 Å². The molecule has 0 spiro atoms. The van der Waals surface area contributed by atoms with Crippen molar-refractivity contribution in [1.29, 1.82) is 0 Å². The van der Waals surface area contributed by atoms with Crippen LogP contribution in [0, 0.1) is 0 Å². The van der Waals surface area contributed by atoms with Gasteiger partial charge in [0.1, 0.15) is 13.2 Å². The van der Waals surface area contributed by atoms with Crippen LogP contribution in [0.15, 0.2) is 85.7 Å². The lowest BCUT2D eigenvalue weighted by atomic mass is 10.3. The molecule has 3 heterocycles. The predicted octanol–water partition coefficient (Wildman–Crippen LogP) is 4.28. The van der Waals surface area contributed by atoms with Crippen molar-refractivity contribution in [2.45, 2.75) is 9.92 Å². The Balaban J connectivity index is 1.61. The van der Waals surface area contributed by atoms with Gasteiger partial charge in [-0.05, 0) is 36.4 Å². The van der Waals surface area contributed by atoms with Gasteiger partial charge in [0.15, 0.2) is 17.3 Å². The largest absolute Gasteiger partial charge is 0.486 e. The minimum Gasteiger partial charge on any atom is -0.486 e. The molecule has 0 bridgehead atoms. The zero-order valence-electron chi connectivity index (χ0n) is 15.6. The molecule has 0 radical (unpaired) electrons. The fourth-order valence-electron chi connectivity index (χ4n) is 3.03. The quantitative estimate of drug-likeness (QED) is 0.506. The maximum Gasteiger partial charge on any atom is 0.266 e. The van der Waals surface area contributed by atoms with Gasteiger partial charge >= 0.3 is 0 Å². The van der Waals surface area contributed by atoms with Crippen LogP contribution in [0.2, 0.25) is 0 Å². The average Bonchev–Trinajstić information content (AvgIpc) is 3.44. The highest BCUT2D eigenvalue weighted by molar-refractivity contribution is 7.91. The maximum atomic E-state index is 13.4. The molecule has 152 valence electrons. The van der Waals surface area contributed by atoms with E-state index in [1.54, 1.807) is 30.3 Å². The fourth-order valence-corrected chi connectivity index (χ4v) is 4.30. The standard InChI is InChI=1S/C21H16N2O6S/c24-30(25,15-8-9-16-18(13-15)28-12-11-27-16)21-20(22-14-5-2-1-3-6-14)29-19(23-21)17-7-4-10-26-17/h1-10,13,22H,11-12H2. The van der Waals surface area contributed by atoms with Gasteiger partial charge in [0, 0.05) is 11.8 Å². The van der Waals surface area contributed by atoms with Gasteiger partial charge in [0.25, 0.3) is 5.89 Å².